The molecule has 9 heteroatoms. The molecule has 3 heterocycles. The van der Waals surface area contributed by atoms with Gasteiger partial charge in [0.15, 0.2) is 5.69 Å². The summed E-state index contributed by atoms with van der Waals surface area (Å²) in [6.07, 6.45) is -3.18. The number of fused-ring (bicyclic) bond motifs is 2. The minimum atomic E-state index is -4.81. The molecule has 0 saturated carbocycles. The maximum atomic E-state index is 15.0. The average Bonchev–Trinajstić information content (AvgIpc) is 3.11. The van der Waals surface area contributed by atoms with Crippen molar-refractivity contribution in [2.45, 2.75) is 72.0 Å². The van der Waals surface area contributed by atoms with Crippen molar-refractivity contribution in [2.75, 3.05) is 0 Å². The van der Waals surface area contributed by atoms with Crippen LogP contribution in [0.1, 0.15) is 72.2 Å². The largest absolute Gasteiger partial charge is 0.436 e. The number of alkyl halides is 3. The van der Waals surface area contributed by atoms with Gasteiger partial charge in [0.05, 0.1) is 5.69 Å². The number of carbonyl (C=O) groups excluding carboxylic acids is 1. The number of aromatic nitrogens is 3. The van der Waals surface area contributed by atoms with E-state index < -0.39 is 34.6 Å². The molecule has 1 aliphatic rings. The van der Waals surface area contributed by atoms with E-state index in [0.29, 0.717) is 42.6 Å². The maximum absolute atomic E-state index is 15.0. The highest BCUT2D eigenvalue weighted by Gasteiger charge is 2.42. The summed E-state index contributed by atoms with van der Waals surface area (Å²) in [6.45, 7) is 9.30. The molecule has 0 N–H and O–H groups in total. The number of hydrogen-bond donors (Lipinski definition) is 0. The van der Waals surface area contributed by atoms with E-state index in [1.165, 1.54) is 10.7 Å². The number of aryl methyl sites for hydroxylation is 2. The summed E-state index contributed by atoms with van der Waals surface area (Å²) in [5.74, 6) is -1.73. The molecule has 0 amide bonds. The summed E-state index contributed by atoms with van der Waals surface area (Å²) < 4.78 is 63.0. The molecule has 1 aromatic carbocycles. The first-order valence-electron chi connectivity index (χ1n) is 10.8. The number of benzene rings is 1. The lowest BCUT2D eigenvalue weighted by molar-refractivity contribution is -0.142. The minimum Gasteiger partial charge on any atom is -0.422 e. The smallest absolute Gasteiger partial charge is 0.422 e. The number of rotatable bonds is 2. The highest BCUT2D eigenvalue weighted by molar-refractivity contribution is 5.97. The Labute approximate surface area is 188 Å². The Bertz CT molecular complexity index is 1270. The average molecular weight is 463 g/mol. The van der Waals surface area contributed by atoms with E-state index in [4.69, 9.17) is 4.74 Å². The number of halogens is 4. The SMILES string of the molecule is Cc1nc2c(F)cc(C(C)(C)C)cc2c(OC(=O)c2c(C(F)(F)F)nn3c2CCCC3)c1C. The van der Waals surface area contributed by atoms with Crippen molar-refractivity contribution < 1.29 is 27.1 Å². The Morgan fingerprint density at radius 3 is 2.45 bits per heavy atom. The van der Waals surface area contributed by atoms with Crippen molar-refractivity contribution in [3.8, 4) is 5.75 Å². The molecule has 1 aliphatic heterocycles. The first kappa shape index (κ1) is 23.2. The molecule has 3 aromatic rings. The van der Waals surface area contributed by atoms with E-state index in [-0.39, 0.29) is 22.3 Å². The molecule has 5 nitrogen and oxygen atoms in total. The predicted molar refractivity (Wildman–Crippen MR) is 115 cm³/mol. The van der Waals surface area contributed by atoms with Crippen molar-refractivity contribution in [3.63, 3.8) is 0 Å². The lowest BCUT2D eigenvalue weighted by Crippen LogP contribution is -2.19. The standard InChI is InChI=1S/C24H25F4N3O2/c1-12-13(2)29-19-15(10-14(11-16(19)25)23(3,4)5)20(12)33-22(32)18-17-8-6-7-9-31(17)30-21(18)24(26,27)28/h10-11H,6-9H2,1-5H3. The van der Waals surface area contributed by atoms with Crippen LogP contribution in [0.3, 0.4) is 0 Å². The van der Waals surface area contributed by atoms with Gasteiger partial charge in [-0.2, -0.15) is 18.3 Å². The number of esters is 1. The number of hydrogen-bond acceptors (Lipinski definition) is 4. The molecule has 0 spiro atoms. The Morgan fingerprint density at radius 2 is 1.82 bits per heavy atom. The van der Waals surface area contributed by atoms with Crippen LogP contribution in [0, 0.1) is 19.7 Å². The zero-order valence-corrected chi connectivity index (χ0v) is 19.2. The Morgan fingerprint density at radius 1 is 1.12 bits per heavy atom. The van der Waals surface area contributed by atoms with Crippen molar-refractivity contribution in [1.82, 2.24) is 14.8 Å². The highest BCUT2D eigenvalue weighted by Crippen LogP contribution is 2.38. The van der Waals surface area contributed by atoms with Crippen LogP contribution in [0.15, 0.2) is 12.1 Å². The first-order valence-corrected chi connectivity index (χ1v) is 10.8. The zero-order chi connectivity index (χ0) is 24.3. The van der Waals surface area contributed by atoms with Gasteiger partial charge in [-0.15, -0.1) is 0 Å². The molecule has 0 aliphatic carbocycles. The number of nitrogens with zero attached hydrogens (tertiary/aromatic N) is 3. The topological polar surface area (TPSA) is 57.0 Å². The summed E-state index contributed by atoms with van der Waals surface area (Å²) in [7, 11) is 0. The van der Waals surface area contributed by atoms with E-state index >= 15 is 0 Å². The number of ether oxygens (including phenoxy) is 1. The fraction of sp³-hybridized carbons (Fsp3) is 0.458. The second-order valence-electron chi connectivity index (χ2n) is 9.49. The van der Waals surface area contributed by atoms with Gasteiger partial charge in [0, 0.05) is 23.2 Å². The molecule has 2 aromatic heterocycles. The Kier molecular flexibility index (Phi) is 5.49. The van der Waals surface area contributed by atoms with Crippen molar-refractivity contribution in [2.24, 2.45) is 0 Å². The van der Waals surface area contributed by atoms with Crippen molar-refractivity contribution in [3.05, 3.63) is 51.7 Å². The number of pyridine rings is 1. The van der Waals surface area contributed by atoms with Gasteiger partial charge in [0.2, 0.25) is 0 Å². The second kappa shape index (κ2) is 7.81. The van der Waals surface area contributed by atoms with E-state index in [1.807, 2.05) is 20.8 Å². The summed E-state index contributed by atoms with van der Waals surface area (Å²) in [6, 6.07) is 3.06. The summed E-state index contributed by atoms with van der Waals surface area (Å²) in [4.78, 5) is 17.5. The van der Waals surface area contributed by atoms with Gasteiger partial charge >= 0.3 is 12.1 Å². The summed E-state index contributed by atoms with van der Waals surface area (Å²) in [5, 5.41) is 3.91. The molecule has 0 saturated heterocycles. The molecule has 0 unspecified atom stereocenters. The van der Waals surface area contributed by atoms with Gasteiger partial charge in [-0.05, 0) is 56.2 Å². The summed E-state index contributed by atoms with van der Waals surface area (Å²) >= 11 is 0. The predicted octanol–water partition coefficient (Wildman–Crippen LogP) is 6.06. The van der Waals surface area contributed by atoms with Crippen LogP contribution in [-0.2, 0) is 24.6 Å². The lowest BCUT2D eigenvalue weighted by atomic mass is 9.86. The third-order valence-corrected chi connectivity index (χ3v) is 6.10. The minimum absolute atomic E-state index is 0.00183. The van der Waals surface area contributed by atoms with Crippen LogP contribution in [0.2, 0.25) is 0 Å². The van der Waals surface area contributed by atoms with Crippen molar-refractivity contribution >= 4 is 16.9 Å². The van der Waals surface area contributed by atoms with E-state index in [9.17, 15) is 22.4 Å². The van der Waals surface area contributed by atoms with Crippen LogP contribution in [0.4, 0.5) is 17.6 Å². The van der Waals surface area contributed by atoms with Gasteiger partial charge < -0.3 is 4.74 Å². The van der Waals surface area contributed by atoms with E-state index in [2.05, 4.69) is 10.1 Å². The van der Waals surface area contributed by atoms with Crippen LogP contribution in [0.5, 0.6) is 5.75 Å². The van der Waals surface area contributed by atoms with E-state index in [1.54, 1.807) is 19.9 Å². The first-order chi connectivity index (χ1) is 15.3. The molecule has 0 radical (unpaired) electrons. The Balaban J connectivity index is 1.90. The second-order valence-corrected chi connectivity index (χ2v) is 9.49. The molecule has 176 valence electrons. The third kappa shape index (κ3) is 4.09. The molecule has 0 bridgehead atoms. The monoisotopic (exact) mass is 463 g/mol. The molecule has 0 atom stereocenters. The van der Waals surface area contributed by atoms with Crippen molar-refractivity contribution in [1.29, 1.82) is 0 Å². The number of carbonyl (C=O) groups is 1. The van der Waals surface area contributed by atoms with E-state index in [0.717, 1.165) is 0 Å². The molecule has 0 fully saturated rings. The quantitative estimate of drug-likeness (QED) is 0.343. The Hall–Kier alpha value is -2.97. The van der Waals surface area contributed by atoms with Gasteiger partial charge in [-0.1, -0.05) is 20.8 Å². The van der Waals surface area contributed by atoms with Gasteiger partial charge in [0.1, 0.15) is 22.6 Å². The molecule has 4 rings (SSSR count). The van der Waals surface area contributed by atoms with Gasteiger partial charge in [-0.25, -0.2) is 14.2 Å². The van der Waals surface area contributed by atoms with Crippen LogP contribution >= 0.6 is 0 Å². The highest BCUT2D eigenvalue weighted by atomic mass is 19.4. The molecule has 33 heavy (non-hydrogen) atoms. The van der Waals surface area contributed by atoms with Gasteiger partial charge in [0.25, 0.3) is 0 Å². The normalized spacial score (nSPS) is 14.5. The van der Waals surface area contributed by atoms with Crippen LogP contribution < -0.4 is 4.74 Å². The maximum Gasteiger partial charge on any atom is 0.436 e. The molecular weight excluding hydrogens is 438 g/mol. The lowest BCUT2D eigenvalue weighted by Gasteiger charge is -2.21. The zero-order valence-electron chi connectivity index (χ0n) is 19.2. The van der Waals surface area contributed by atoms with Gasteiger partial charge in [-0.3, -0.25) is 4.68 Å². The fourth-order valence-corrected chi connectivity index (χ4v) is 4.11. The fourth-order valence-electron chi connectivity index (χ4n) is 4.11. The van der Waals surface area contributed by atoms with Crippen LogP contribution in [-0.4, -0.2) is 20.7 Å². The molecular formula is C24H25F4N3O2. The van der Waals surface area contributed by atoms with Crippen LogP contribution in [0.25, 0.3) is 10.9 Å². The summed E-state index contributed by atoms with van der Waals surface area (Å²) in [5.41, 5.74) is -0.500. The third-order valence-electron chi connectivity index (χ3n) is 6.10.